The third-order valence-electron chi connectivity index (χ3n) is 3.72. The monoisotopic (exact) mass is 337 g/mol. The van der Waals surface area contributed by atoms with Crippen LogP contribution in [0.2, 0.25) is 0 Å². The summed E-state index contributed by atoms with van der Waals surface area (Å²) in [6.07, 6.45) is 1.61. The second kappa shape index (κ2) is 10.6. The van der Waals surface area contributed by atoms with Crippen LogP contribution in [0.15, 0.2) is 11.8 Å². The molecule has 24 heavy (non-hydrogen) atoms. The zero-order valence-corrected chi connectivity index (χ0v) is 14.3. The molecule has 1 atom stereocenters. The zero-order chi connectivity index (χ0) is 17.9. The van der Waals surface area contributed by atoms with E-state index >= 15 is 0 Å². The SMILES string of the molecule is CC(C)CC(N/C=C(/C#N)C(=O)NCCN1CCNCC1)C(=O)O. The van der Waals surface area contributed by atoms with E-state index in [1.807, 2.05) is 19.9 Å². The van der Waals surface area contributed by atoms with Gasteiger partial charge >= 0.3 is 5.97 Å². The molecule has 0 aromatic rings. The number of nitriles is 1. The molecule has 1 unspecified atom stereocenters. The molecule has 8 nitrogen and oxygen atoms in total. The number of hydrogen-bond donors (Lipinski definition) is 4. The molecule has 1 aliphatic rings. The lowest BCUT2D eigenvalue weighted by Crippen LogP contribution is -2.46. The summed E-state index contributed by atoms with van der Waals surface area (Å²) in [5, 5.41) is 26.8. The second-order valence-electron chi connectivity index (χ2n) is 6.20. The predicted octanol–water partition coefficient (Wildman–Crippen LogP) is -0.496. The Morgan fingerprint density at radius 1 is 1.38 bits per heavy atom. The lowest BCUT2D eigenvalue weighted by Gasteiger charge is -2.27. The fraction of sp³-hybridized carbons (Fsp3) is 0.688. The van der Waals surface area contributed by atoms with Crippen LogP contribution in [0.4, 0.5) is 0 Å². The molecule has 0 aromatic heterocycles. The van der Waals surface area contributed by atoms with E-state index in [1.165, 1.54) is 6.20 Å². The normalized spacial score (nSPS) is 17.2. The van der Waals surface area contributed by atoms with Crippen LogP contribution in [0.5, 0.6) is 0 Å². The molecule has 0 aliphatic carbocycles. The second-order valence-corrected chi connectivity index (χ2v) is 6.20. The number of nitrogens with zero attached hydrogens (tertiary/aromatic N) is 2. The van der Waals surface area contributed by atoms with Crippen molar-refractivity contribution in [2.75, 3.05) is 39.3 Å². The molecule has 1 heterocycles. The highest BCUT2D eigenvalue weighted by Gasteiger charge is 2.18. The molecule has 0 bridgehead atoms. The lowest BCUT2D eigenvalue weighted by atomic mass is 10.0. The number of piperazine rings is 1. The third-order valence-corrected chi connectivity index (χ3v) is 3.72. The van der Waals surface area contributed by atoms with Gasteiger partial charge in [-0.1, -0.05) is 13.8 Å². The summed E-state index contributed by atoms with van der Waals surface area (Å²) < 4.78 is 0. The zero-order valence-electron chi connectivity index (χ0n) is 14.3. The Hall–Kier alpha value is -2.11. The predicted molar refractivity (Wildman–Crippen MR) is 90.0 cm³/mol. The van der Waals surface area contributed by atoms with Gasteiger partial charge in [0.25, 0.3) is 5.91 Å². The number of nitrogens with one attached hydrogen (secondary N) is 3. The minimum atomic E-state index is -1.00. The van der Waals surface area contributed by atoms with E-state index in [2.05, 4.69) is 20.9 Å². The van der Waals surface area contributed by atoms with Gasteiger partial charge in [-0.05, 0) is 12.3 Å². The van der Waals surface area contributed by atoms with Gasteiger partial charge in [0.2, 0.25) is 0 Å². The van der Waals surface area contributed by atoms with Crippen LogP contribution in [0, 0.1) is 17.2 Å². The van der Waals surface area contributed by atoms with Crippen LogP contribution >= 0.6 is 0 Å². The lowest BCUT2D eigenvalue weighted by molar-refractivity contribution is -0.139. The quantitative estimate of drug-likeness (QED) is 0.331. The number of rotatable bonds is 9. The highest BCUT2D eigenvalue weighted by Crippen LogP contribution is 2.05. The summed E-state index contributed by atoms with van der Waals surface area (Å²) in [6.45, 7) is 8.75. The standard InChI is InChI=1S/C16H27N5O3/c1-12(2)9-14(16(23)24)20-11-13(10-17)15(22)19-5-8-21-6-3-18-4-7-21/h11-12,14,18,20H,3-9H2,1-2H3,(H,19,22)(H,23,24)/b13-11-. The highest BCUT2D eigenvalue weighted by molar-refractivity contribution is 5.97. The van der Waals surface area contributed by atoms with Crippen molar-refractivity contribution in [3.05, 3.63) is 11.8 Å². The first-order valence-corrected chi connectivity index (χ1v) is 8.24. The highest BCUT2D eigenvalue weighted by atomic mass is 16.4. The fourth-order valence-corrected chi connectivity index (χ4v) is 2.40. The Balaban J connectivity index is 2.46. The van der Waals surface area contributed by atoms with Gasteiger partial charge < -0.3 is 21.1 Å². The Kier molecular flexibility index (Phi) is 8.83. The van der Waals surface area contributed by atoms with Crippen LogP contribution < -0.4 is 16.0 Å². The van der Waals surface area contributed by atoms with Gasteiger partial charge in [0.15, 0.2) is 0 Å². The molecular weight excluding hydrogens is 310 g/mol. The molecule has 1 amide bonds. The van der Waals surface area contributed by atoms with Crippen molar-refractivity contribution in [1.29, 1.82) is 5.26 Å². The number of carbonyl (C=O) groups is 2. The molecule has 0 radical (unpaired) electrons. The molecule has 134 valence electrons. The van der Waals surface area contributed by atoms with Crippen molar-refractivity contribution in [2.24, 2.45) is 5.92 Å². The Morgan fingerprint density at radius 2 is 2.04 bits per heavy atom. The molecule has 4 N–H and O–H groups in total. The summed E-state index contributed by atoms with van der Waals surface area (Å²) in [4.78, 5) is 25.4. The average Bonchev–Trinajstić information content (AvgIpc) is 2.54. The van der Waals surface area contributed by atoms with Crippen molar-refractivity contribution < 1.29 is 14.7 Å². The van der Waals surface area contributed by atoms with Crippen molar-refractivity contribution >= 4 is 11.9 Å². The summed E-state index contributed by atoms with van der Waals surface area (Å²) in [7, 11) is 0. The summed E-state index contributed by atoms with van der Waals surface area (Å²) in [5.41, 5.74) is -0.120. The first-order chi connectivity index (χ1) is 11.4. The van der Waals surface area contributed by atoms with E-state index in [9.17, 15) is 9.59 Å². The smallest absolute Gasteiger partial charge is 0.326 e. The number of aliphatic carboxylic acids is 1. The number of carboxylic acid groups (broad SMARTS) is 1. The molecule has 0 saturated carbocycles. The maximum absolute atomic E-state index is 12.0. The molecule has 1 rings (SSSR count). The third kappa shape index (κ3) is 7.44. The summed E-state index contributed by atoms with van der Waals surface area (Å²) >= 11 is 0. The van der Waals surface area contributed by atoms with Crippen molar-refractivity contribution in [3.63, 3.8) is 0 Å². The van der Waals surface area contributed by atoms with Gasteiger partial charge in [0.1, 0.15) is 17.7 Å². The summed E-state index contributed by atoms with van der Waals surface area (Å²) in [6, 6.07) is 0.990. The largest absolute Gasteiger partial charge is 0.480 e. The number of carbonyl (C=O) groups excluding carboxylic acids is 1. The summed E-state index contributed by atoms with van der Waals surface area (Å²) in [5.74, 6) is -1.31. The first-order valence-electron chi connectivity index (χ1n) is 8.24. The van der Waals surface area contributed by atoms with E-state index in [1.54, 1.807) is 0 Å². The van der Waals surface area contributed by atoms with E-state index in [4.69, 9.17) is 10.4 Å². The number of amides is 1. The Labute approximate surface area is 142 Å². The van der Waals surface area contributed by atoms with Gasteiger partial charge in [0, 0.05) is 45.5 Å². The average molecular weight is 337 g/mol. The fourth-order valence-electron chi connectivity index (χ4n) is 2.40. The van der Waals surface area contributed by atoms with Crippen LogP contribution in [0.3, 0.4) is 0 Å². The molecule has 0 spiro atoms. The van der Waals surface area contributed by atoms with E-state index in [0.717, 1.165) is 32.7 Å². The molecule has 1 saturated heterocycles. The van der Waals surface area contributed by atoms with Gasteiger partial charge in [-0.2, -0.15) is 5.26 Å². The van der Waals surface area contributed by atoms with Crippen molar-refractivity contribution in [2.45, 2.75) is 26.3 Å². The molecule has 0 aromatic carbocycles. The van der Waals surface area contributed by atoms with E-state index < -0.39 is 17.9 Å². The van der Waals surface area contributed by atoms with Crippen LogP contribution in [0.25, 0.3) is 0 Å². The van der Waals surface area contributed by atoms with Crippen molar-refractivity contribution in [3.8, 4) is 6.07 Å². The Morgan fingerprint density at radius 3 is 2.58 bits per heavy atom. The van der Waals surface area contributed by atoms with E-state index in [-0.39, 0.29) is 11.5 Å². The minimum Gasteiger partial charge on any atom is -0.480 e. The maximum atomic E-state index is 12.0. The van der Waals surface area contributed by atoms with Crippen LogP contribution in [-0.2, 0) is 9.59 Å². The molecule has 1 fully saturated rings. The Bertz CT molecular complexity index is 492. The first kappa shape index (κ1) is 19.9. The number of hydrogen-bond acceptors (Lipinski definition) is 6. The van der Waals surface area contributed by atoms with Crippen LogP contribution in [0.1, 0.15) is 20.3 Å². The number of carboxylic acids is 1. The molecule has 8 heteroatoms. The minimum absolute atomic E-state index is 0.120. The van der Waals surface area contributed by atoms with Crippen LogP contribution in [-0.4, -0.2) is 67.2 Å². The maximum Gasteiger partial charge on any atom is 0.326 e. The van der Waals surface area contributed by atoms with E-state index in [0.29, 0.717) is 13.0 Å². The van der Waals surface area contributed by atoms with Crippen molar-refractivity contribution in [1.82, 2.24) is 20.9 Å². The van der Waals surface area contributed by atoms with Gasteiger partial charge in [-0.3, -0.25) is 9.69 Å². The molecule has 1 aliphatic heterocycles. The van der Waals surface area contributed by atoms with Gasteiger partial charge in [0.05, 0.1) is 0 Å². The van der Waals surface area contributed by atoms with Gasteiger partial charge in [-0.25, -0.2) is 4.79 Å². The molecular formula is C16H27N5O3. The van der Waals surface area contributed by atoms with Gasteiger partial charge in [-0.15, -0.1) is 0 Å². The topological polar surface area (TPSA) is 117 Å².